The predicted octanol–water partition coefficient (Wildman–Crippen LogP) is 2.71. The number of aliphatic carboxylic acids is 1. The number of hydrogen-bond donors (Lipinski definition) is 2. The smallest absolute Gasteiger partial charge is 0.312 e. The molecule has 122 valence electrons. The Hall–Kier alpha value is -2.17. The van der Waals surface area contributed by atoms with E-state index in [-0.39, 0.29) is 24.3 Å². The van der Waals surface area contributed by atoms with Gasteiger partial charge in [-0.3, -0.25) is 9.59 Å². The van der Waals surface area contributed by atoms with Gasteiger partial charge >= 0.3 is 5.97 Å². The van der Waals surface area contributed by atoms with E-state index in [1.165, 1.54) is 24.3 Å². The molecule has 1 saturated carbocycles. The SMILES string of the molecule is O=C(O)C(CNC(=O)[C@@H]1C[C@@H]2C=C[C@H]1CC2)c1ccc(F)cc1. The summed E-state index contributed by atoms with van der Waals surface area (Å²) in [6.07, 6.45) is 7.33. The molecule has 1 amide bonds. The molecular weight excluding hydrogens is 297 g/mol. The minimum atomic E-state index is -1.03. The fraction of sp³-hybridized carbons (Fsp3) is 0.444. The summed E-state index contributed by atoms with van der Waals surface area (Å²) in [4.78, 5) is 23.8. The van der Waals surface area contributed by atoms with Gasteiger partial charge in [0.2, 0.25) is 5.91 Å². The third-order valence-electron chi connectivity index (χ3n) is 4.96. The van der Waals surface area contributed by atoms with Crippen LogP contribution in [0.1, 0.15) is 30.7 Å². The Morgan fingerprint density at radius 2 is 1.96 bits per heavy atom. The van der Waals surface area contributed by atoms with E-state index in [0.29, 0.717) is 11.5 Å². The van der Waals surface area contributed by atoms with Gasteiger partial charge in [-0.1, -0.05) is 24.3 Å². The molecule has 0 radical (unpaired) electrons. The lowest BCUT2D eigenvalue weighted by atomic mass is 9.69. The van der Waals surface area contributed by atoms with E-state index in [4.69, 9.17) is 0 Å². The molecule has 4 atom stereocenters. The molecule has 23 heavy (non-hydrogen) atoms. The van der Waals surface area contributed by atoms with Gasteiger partial charge in [-0.05, 0) is 48.8 Å². The number of rotatable bonds is 5. The molecule has 0 aliphatic heterocycles. The third kappa shape index (κ3) is 3.44. The van der Waals surface area contributed by atoms with E-state index in [2.05, 4.69) is 17.5 Å². The van der Waals surface area contributed by atoms with E-state index in [1.807, 2.05) is 0 Å². The Morgan fingerprint density at radius 1 is 1.22 bits per heavy atom. The second-order valence-corrected chi connectivity index (χ2v) is 6.42. The standard InChI is InChI=1S/C18H20FNO3/c19-14-7-5-13(6-8-14)16(18(22)23)10-20-17(21)15-9-11-1-3-12(15)4-2-11/h1,3,5-8,11-12,15-16H,2,4,9-10H2,(H,20,21)(H,22,23)/t11-,12+,15-,16?/m1/s1. The first kappa shape index (κ1) is 15.7. The highest BCUT2D eigenvalue weighted by Gasteiger charge is 2.36. The number of halogens is 1. The van der Waals surface area contributed by atoms with Gasteiger partial charge in [0.25, 0.3) is 0 Å². The largest absolute Gasteiger partial charge is 0.481 e. The number of benzene rings is 1. The number of carbonyl (C=O) groups excluding carboxylic acids is 1. The molecule has 5 heteroatoms. The molecule has 2 N–H and O–H groups in total. The molecule has 4 rings (SSSR count). The highest BCUT2D eigenvalue weighted by Crippen LogP contribution is 2.40. The molecule has 1 fully saturated rings. The number of amides is 1. The lowest BCUT2D eigenvalue weighted by Gasteiger charge is -2.37. The van der Waals surface area contributed by atoms with Crippen molar-refractivity contribution in [3.05, 3.63) is 47.8 Å². The monoisotopic (exact) mass is 317 g/mol. The summed E-state index contributed by atoms with van der Waals surface area (Å²) in [5, 5.41) is 12.2. The second-order valence-electron chi connectivity index (χ2n) is 6.42. The number of hydrogen-bond acceptors (Lipinski definition) is 2. The lowest BCUT2D eigenvalue weighted by Crippen LogP contribution is -2.42. The Labute approximate surface area is 134 Å². The fourth-order valence-corrected chi connectivity index (χ4v) is 3.61. The first-order valence-corrected chi connectivity index (χ1v) is 7.99. The van der Waals surface area contributed by atoms with E-state index in [1.54, 1.807) is 0 Å². The summed E-state index contributed by atoms with van der Waals surface area (Å²) in [6, 6.07) is 5.37. The molecule has 4 nitrogen and oxygen atoms in total. The predicted molar refractivity (Wildman–Crippen MR) is 83.2 cm³/mol. The summed E-state index contributed by atoms with van der Waals surface area (Å²) in [7, 11) is 0. The van der Waals surface area contributed by atoms with Gasteiger partial charge < -0.3 is 10.4 Å². The van der Waals surface area contributed by atoms with Crippen LogP contribution in [0, 0.1) is 23.6 Å². The van der Waals surface area contributed by atoms with Crippen LogP contribution in [0.4, 0.5) is 4.39 Å². The van der Waals surface area contributed by atoms with Crippen LogP contribution < -0.4 is 5.32 Å². The summed E-state index contributed by atoms with van der Waals surface area (Å²) in [6.45, 7) is 0.0252. The van der Waals surface area contributed by atoms with Gasteiger partial charge in [0.1, 0.15) is 5.82 Å². The fourth-order valence-electron chi connectivity index (χ4n) is 3.61. The highest BCUT2D eigenvalue weighted by molar-refractivity contribution is 5.82. The van der Waals surface area contributed by atoms with Crippen LogP contribution in [0.5, 0.6) is 0 Å². The molecule has 0 heterocycles. The average Bonchev–Trinajstić information content (AvgIpc) is 2.57. The molecular formula is C18H20FNO3. The van der Waals surface area contributed by atoms with Crippen molar-refractivity contribution in [3.63, 3.8) is 0 Å². The van der Waals surface area contributed by atoms with Crippen molar-refractivity contribution in [3.8, 4) is 0 Å². The number of allylic oxidation sites excluding steroid dienone is 2. The van der Waals surface area contributed by atoms with Crippen LogP contribution in [-0.4, -0.2) is 23.5 Å². The Kier molecular flexibility index (Phi) is 4.46. The molecule has 1 aromatic carbocycles. The topological polar surface area (TPSA) is 66.4 Å². The Morgan fingerprint density at radius 3 is 2.48 bits per heavy atom. The zero-order chi connectivity index (χ0) is 16.4. The maximum absolute atomic E-state index is 13.0. The number of carbonyl (C=O) groups is 2. The van der Waals surface area contributed by atoms with E-state index in [9.17, 15) is 19.1 Å². The first-order chi connectivity index (χ1) is 11.0. The molecule has 0 spiro atoms. The van der Waals surface area contributed by atoms with Crippen LogP contribution in [0.25, 0.3) is 0 Å². The molecule has 3 aliphatic carbocycles. The van der Waals surface area contributed by atoms with Gasteiger partial charge in [-0.15, -0.1) is 0 Å². The first-order valence-electron chi connectivity index (χ1n) is 7.99. The van der Waals surface area contributed by atoms with Crippen molar-refractivity contribution in [1.82, 2.24) is 5.32 Å². The van der Waals surface area contributed by atoms with Crippen LogP contribution in [-0.2, 0) is 9.59 Å². The zero-order valence-electron chi connectivity index (χ0n) is 12.7. The van der Waals surface area contributed by atoms with Gasteiger partial charge in [0.05, 0.1) is 5.92 Å². The molecule has 1 unspecified atom stereocenters. The Bertz CT molecular complexity index is 626. The number of nitrogens with one attached hydrogen (secondary N) is 1. The van der Waals surface area contributed by atoms with Crippen LogP contribution in [0.3, 0.4) is 0 Å². The van der Waals surface area contributed by atoms with Crippen molar-refractivity contribution < 1.29 is 19.1 Å². The van der Waals surface area contributed by atoms with Gasteiger partial charge in [-0.2, -0.15) is 0 Å². The maximum atomic E-state index is 13.0. The zero-order valence-corrected chi connectivity index (χ0v) is 12.7. The van der Waals surface area contributed by atoms with Gasteiger partial charge in [0.15, 0.2) is 0 Å². The van der Waals surface area contributed by atoms with Gasteiger partial charge in [0, 0.05) is 12.5 Å². The van der Waals surface area contributed by atoms with Crippen molar-refractivity contribution in [2.45, 2.75) is 25.2 Å². The molecule has 1 aromatic rings. The van der Waals surface area contributed by atoms with Crippen LogP contribution in [0.2, 0.25) is 0 Å². The normalized spacial score (nSPS) is 26.7. The highest BCUT2D eigenvalue weighted by atomic mass is 19.1. The summed E-state index contributed by atoms with van der Waals surface area (Å²) in [5.41, 5.74) is 0.490. The van der Waals surface area contributed by atoms with Crippen molar-refractivity contribution in [2.24, 2.45) is 17.8 Å². The average molecular weight is 317 g/mol. The van der Waals surface area contributed by atoms with Crippen molar-refractivity contribution in [2.75, 3.05) is 6.54 Å². The second kappa shape index (κ2) is 6.52. The van der Waals surface area contributed by atoms with Crippen molar-refractivity contribution >= 4 is 11.9 Å². The van der Waals surface area contributed by atoms with Crippen LogP contribution in [0.15, 0.2) is 36.4 Å². The van der Waals surface area contributed by atoms with E-state index < -0.39 is 17.7 Å². The number of carboxylic acids is 1. The summed E-state index contributed by atoms with van der Waals surface area (Å²) >= 11 is 0. The van der Waals surface area contributed by atoms with Gasteiger partial charge in [-0.25, -0.2) is 4.39 Å². The Balaban J connectivity index is 1.63. The quantitative estimate of drug-likeness (QED) is 0.821. The molecule has 0 saturated heterocycles. The summed E-state index contributed by atoms with van der Waals surface area (Å²) < 4.78 is 13.0. The third-order valence-corrected chi connectivity index (χ3v) is 4.96. The number of fused-ring (bicyclic) bond motifs is 2. The van der Waals surface area contributed by atoms with E-state index in [0.717, 1.165) is 19.3 Å². The summed E-state index contributed by atoms with van der Waals surface area (Å²) in [5.74, 6) is -1.68. The molecule has 3 aliphatic rings. The molecule has 0 aromatic heterocycles. The maximum Gasteiger partial charge on any atom is 0.312 e. The lowest BCUT2D eigenvalue weighted by molar-refractivity contribution is -0.138. The number of carboxylic acid groups (broad SMARTS) is 1. The minimum absolute atomic E-state index is 0.0252. The van der Waals surface area contributed by atoms with Crippen molar-refractivity contribution in [1.29, 1.82) is 0 Å². The van der Waals surface area contributed by atoms with E-state index >= 15 is 0 Å². The minimum Gasteiger partial charge on any atom is -0.481 e. The van der Waals surface area contributed by atoms with Crippen LogP contribution >= 0.6 is 0 Å². The molecule has 2 bridgehead atoms.